The first kappa shape index (κ1) is 40.6. The van der Waals surface area contributed by atoms with Crippen molar-refractivity contribution in [2.24, 2.45) is 22.7 Å². The van der Waals surface area contributed by atoms with Crippen LogP contribution in [-0.2, 0) is 6.42 Å². The van der Waals surface area contributed by atoms with Crippen LogP contribution < -0.4 is 4.90 Å². The van der Waals surface area contributed by atoms with Crippen molar-refractivity contribution in [3.63, 3.8) is 0 Å². The zero-order chi connectivity index (χ0) is 45.6. The lowest BCUT2D eigenvalue weighted by Gasteiger charge is -2.37. The molecule has 69 heavy (non-hydrogen) atoms. The van der Waals surface area contributed by atoms with Gasteiger partial charge in [-0.25, -0.2) is 0 Å². The molecule has 7 aromatic carbocycles. The summed E-state index contributed by atoms with van der Waals surface area (Å²) in [5, 5.41) is 7.86. The van der Waals surface area contributed by atoms with E-state index in [2.05, 4.69) is 222 Å². The van der Waals surface area contributed by atoms with Crippen molar-refractivity contribution in [1.82, 2.24) is 4.57 Å². The van der Waals surface area contributed by atoms with Crippen LogP contribution in [0.1, 0.15) is 65.8 Å². The fraction of sp³-hybridized carbons (Fsp3) is 0.197. The number of aliphatic imine (C=N–C) groups is 1. The fourth-order valence-electron chi connectivity index (χ4n) is 13.4. The SMILES string of the molecule is C=C1C(C2=CC(C3C=CC=CC3)CC=C2)=NC(C2C=Cc3ccccc3C2)CC1c1cccc(N2c3cc4ccccc4cc3C3C=CC(n4c5ccccc5c5c6ccccc6ccc54)CC32)c1. The van der Waals surface area contributed by atoms with Crippen molar-refractivity contribution >= 4 is 66.5 Å². The first-order valence-corrected chi connectivity index (χ1v) is 25.4. The van der Waals surface area contributed by atoms with Crippen molar-refractivity contribution in [1.29, 1.82) is 0 Å². The molecule has 6 aliphatic rings. The highest BCUT2D eigenvalue weighted by Crippen LogP contribution is 2.53. The van der Waals surface area contributed by atoms with Crippen LogP contribution in [0.4, 0.5) is 11.4 Å². The summed E-state index contributed by atoms with van der Waals surface area (Å²) in [6.45, 7) is 4.98. The number of para-hydroxylation sites is 1. The number of rotatable bonds is 6. The Bertz CT molecular complexity index is 3640. The predicted octanol–water partition coefficient (Wildman–Crippen LogP) is 16.3. The average Bonchev–Trinajstić information content (AvgIpc) is 3.92. The third-order valence-corrected chi connectivity index (χ3v) is 16.7. The van der Waals surface area contributed by atoms with Gasteiger partial charge in [0.2, 0.25) is 0 Å². The number of anilines is 2. The monoisotopic (exact) mass is 889 g/mol. The van der Waals surface area contributed by atoms with E-state index in [9.17, 15) is 0 Å². The molecule has 0 spiro atoms. The minimum Gasteiger partial charge on any atom is -0.337 e. The summed E-state index contributed by atoms with van der Waals surface area (Å²) in [4.78, 5) is 8.46. The molecule has 4 aliphatic carbocycles. The van der Waals surface area contributed by atoms with Crippen molar-refractivity contribution in [2.75, 3.05) is 4.90 Å². The van der Waals surface area contributed by atoms with Crippen molar-refractivity contribution < 1.29 is 0 Å². The molecule has 3 nitrogen and oxygen atoms in total. The van der Waals surface area contributed by atoms with Gasteiger partial charge in [-0.3, -0.25) is 4.99 Å². The number of allylic oxidation sites excluding steroid dienone is 10. The van der Waals surface area contributed by atoms with Gasteiger partial charge in [-0.1, -0.05) is 183 Å². The van der Waals surface area contributed by atoms with Crippen molar-refractivity contribution in [3.05, 3.63) is 246 Å². The van der Waals surface area contributed by atoms with Gasteiger partial charge in [0.1, 0.15) is 0 Å². The van der Waals surface area contributed by atoms with E-state index in [0.29, 0.717) is 17.8 Å². The molecule has 8 unspecified atom stereocenters. The molecule has 334 valence electrons. The maximum absolute atomic E-state index is 5.74. The fourth-order valence-corrected chi connectivity index (χ4v) is 13.4. The molecule has 0 amide bonds. The molecule has 3 heteroatoms. The van der Waals surface area contributed by atoms with Crippen LogP contribution in [0, 0.1) is 17.8 Å². The Labute approximate surface area is 405 Å². The summed E-state index contributed by atoms with van der Waals surface area (Å²) >= 11 is 0. The number of benzene rings is 7. The summed E-state index contributed by atoms with van der Waals surface area (Å²) < 4.78 is 2.64. The van der Waals surface area contributed by atoms with Gasteiger partial charge >= 0.3 is 0 Å². The van der Waals surface area contributed by atoms with Gasteiger partial charge < -0.3 is 9.47 Å². The second kappa shape index (κ2) is 16.3. The molecule has 0 bridgehead atoms. The topological polar surface area (TPSA) is 20.5 Å². The minimum absolute atomic E-state index is 0.126. The van der Waals surface area contributed by atoms with Crippen LogP contribution in [0.2, 0.25) is 0 Å². The maximum atomic E-state index is 5.74. The van der Waals surface area contributed by atoms with Crippen molar-refractivity contribution in [3.8, 4) is 0 Å². The highest BCUT2D eigenvalue weighted by Gasteiger charge is 2.43. The van der Waals surface area contributed by atoms with Crippen LogP contribution in [0.3, 0.4) is 0 Å². The average molecular weight is 890 g/mol. The van der Waals surface area contributed by atoms with Gasteiger partial charge in [-0.15, -0.1) is 0 Å². The molecule has 0 saturated heterocycles. The van der Waals surface area contributed by atoms with Crippen LogP contribution in [0.25, 0.3) is 49.4 Å². The molecule has 1 aromatic heterocycles. The standard InChI is InChI=1S/C66H55N3/c1-42-58(41-60(51-30-29-44-17-5-6-19-46(44)35-51)67-66(42)52-24-13-22-47(36-52)43-15-3-2-4-16-43)50-23-14-25-53(37-50)69-63-39-49-21-8-7-20-48(49)38-59(63)56-33-32-54(40-64(56)69)68-61-28-12-11-27-57(61)65-55-26-10-9-18-45(55)31-34-62(65)68/h2-15,17-21,23-34,36-39,43,47,51,54,56,58,60,64H,1,16,22,35,40-41H2. The van der Waals surface area contributed by atoms with Gasteiger partial charge in [0.25, 0.3) is 0 Å². The third-order valence-electron chi connectivity index (χ3n) is 16.7. The van der Waals surface area contributed by atoms with E-state index in [1.165, 1.54) is 82.6 Å². The minimum atomic E-state index is 0.126. The Morgan fingerprint density at radius 2 is 1.41 bits per heavy atom. The van der Waals surface area contributed by atoms with Crippen molar-refractivity contribution in [2.45, 2.75) is 62.1 Å². The Kier molecular flexibility index (Phi) is 9.61. The third kappa shape index (κ3) is 6.72. The van der Waals surface area contributed by atoms with Crippen LogP contribution in [0.15, 0.2) is 229 Å². The van der Waals surface area contributed by atoms with E-state index >= 15 is 0 Å². The van der Waals surface area contributed by atoms with Crippen LogP contribution in [0.5, 0.6) is 0 Å². The smallest absolute Gasteiger partial charge is 0.0679 e. The van der Waals surface area contributed by atoms with E-state index in [1.54, 1.807) is 0 Å². The number of fused-ring (bicyclic) bond motifs is 10. The van der Waals surface area contributed by atoms with E-state index in [-0.39, 0.29) is 30.0 Å². The normalized spacial score (nSPS) is 25.9. The van der Waals surface area contributed by atoms with Gasteiger partial charge in [-0.05, 0) is 135 Å². The second-order valence-electron chi connectivity index (χ2n) is 20.5. The Morgan fingerprint density at radius 3 is 2.30 bits per heavy atom. The molecule has 0 fully saturated rings. The first-order valence-electron chi connectivity index (χ1n) is 25.4. The number of hydrogen-bond donors (Lipinski definition) is 0. The van der Waals surface area contributed by atoms with Gasteiger partial charge in [0.15, 0.2) is 0 Å². The zero-order valence-corrected chi connectivity index (χ0v) is 38.9. The first-order chi connectivity index (χ1) is 34.1. The summed E-state index contributed by atoms with van der Waals surface area (Å²) in [7, 11) is 0. The molecule has 2 aliphatic heterocycles. The molecule has 0 N–H and O–H groups in total. The molecular weight excluding hydrogens is 835 g/mol. The number of nitrogens with zero attached hydrogens (tertiary/aromatic N) is 3. The summed E-state index contributed by atoms with van der Waals surface area (Å²) in [6.07, 6.45) is 31.3. The van der Waals surface area contributed by atoms with Gasteiger partial charge in [0, 0.05) is 51.5 Å². The Balaban J connectivity index is 0.869. The lowest BCUT2D eigenvalue weighted by Crippen LogP contribution is -2.34. The molecule has 0 saturated carbocycles. The maximum Gasteiger partial charge on any atom is 0.0679 e. The van der Waals surface area contributed by atoms with E-state index in [1.807, 2.05) is 0 Å². The van der Waals surface area contributed by atoms with Gasteiger partial charge in [0.05, 0.1) is 23.3 Å². The van der Waals surface area contributed by atoms with Crippen LogP contribution >= 0.6 is 0 Å². The Hall–Kier alpha value is -7.49. The largest absolute Gasteiger partial charge is 0.337 e. The molecule has 14 rings (SSSR count). The molecule has 3 heterocycles. The van der Waals surface area contributed by atoms with Gasteiger partial charge in [-0.2, -0.15) is 0 Å². The quantitative estimate of drug-likeness (QED) is 0.152. The van der Waals surface area contributed by atoms with E-state index in [4.69, 9.17) is 11.6 Å². The molecular formula is C66H55N3. The summed E-state index contributed by atoms with van der Waals surface area (Å²) in [5.74, 6) is 1.65. The molecule has 8 atom stereocenters. The summed E-state index contributed by atoms with van der Waals surface area (Å²) in [6, 6.07) is 55.5. The highest BCUT2D eigenvalue weighted by atomic mass is 15.2. The van der Waals surface area contributed by atoms with E-state index in [0.717, 1.165) is 43.4 Å². The van der Waals surface area contributed by atoms with E-state index < -0.39 is 0 Å². The zero-order valence-electron chi connectivity index (χ0n) is 38.9. The molecule has 8 aromatic rings. The number of aromatic nitrogens is 1. The Morgan fingerprint density at radius 1 is 0.594 bits per heavy atom. The highest BCUT2D eigenvalue weighted by molar-refractivity contribution is 6.21. The second-order valence-corrected chi connectivity index (χ2v) is 20.5. The lowest BCUT2D eigenvalue weighted by molar-refractivity contribution is 0.441. The molecule has 0 radical (unpaired) electrons. The lowest BCUT2D eigenvalue weighted by atomic mass is 9.73. The number of hydrogen-bond acceptors (Lipinski definition) is 2. The predicted molar refractivity (Wildman–Crippen MR) is 291 cm³/mol. The van der Waals surface area contributed by atoms with Crippen LogP contribution in [-0.4, -0.2) is 22.4 Å². The summed E-state index contributed by atoms with van der Waals surface area (Å²) in [5.41, 5.74) is 14.2.